The molecular formula is C14H19N3O3. The fourth-order valence-electron chi connectivity index (χ4n) is 3.05. The van der Waals surface area contributed by atoms with Gasteiger partial charge in [0, 0.05) is 25.5 Å². The molecule has 1 spiro atoms. The van der Waals surface area contributed by atoms with Crippen molar-refractivity contribution in [1.82, 2.24) is 15.2 Å². The minimum absolute atomic E-state index is 0.00624. The van der Waals surface area contributed by atoms with Gasteiger partial charge in [-0.05, 0) is 25.8 Å². The zero-order chi connectivity index (χ0) is 14.2. The van der Waals surface area contributed by atoms with Crippen molar-refractivity contribution in [2.75, 3.05) is 19.7 Å². The van der Waals surface area contributed by atoms with Crippen molar-refractivity contribution >= 4 is 11.8 Å². The summed E-state index contributed by atoms with van der Waals surface area (Å²) in [5.41, 5.74) is 0.370. The number of piperidine rings is 1. The minimum atomic E-state index is -0.317. The number of aromatic nitrogens is 1. The first-order valence-corrected chi connectivity index (χ1v) is 6.96. The second kappa shape index (κ2) is 4.94. The van der Waals surface area contributed by atoms with Crippen LogP contribution in [-0.2, 0) is 9.53 Å². The lowest BCUT2D eigenvalue weighted by Crippen LogP contribution is -2.63. The third kappa shape index (κ3) is 2.20. The normalized spacial score (nSPS) is 25.6. The van der Waals surface area contributed by atoms with Crippen LogP contribution >= 0.6 is 0 Å². The van der Waals surface area contributed by atoms with E-state index < -0.39 is 0 Å². The first kappa shape index (κ1) is 13.2. The number of nitrogens with zero attached hydrogens (tertiary/aromatic N) is 1. The van der Waals surface area contributed by atoms with E-state index in [4.69, 9.17) is 4.74 Å². The predicted octanol–water partition coefficient (Wildman–Crippen LogP) is 0.524. The highest BCUT2D eigenvalue weighted by atomic mass is 16.5. The fourth-order valence-corrected chi connectivity index (χ4v) is 3.05. The van der Waals surface area contributed by atoms with E-state index in [1.807, 2.05) is 11.8 Å². The molecule has 0 saturated carbocycles. The Morgan fingerprint density at radius 1 is 1.45 bits per heavy atom. The number of hydrogen-bond donors (Lipinski definition) is 2. The van der Waals surface area contributed by atoms with E-state index in [1.54, 1.807) is 18.5 Å². The van der Waals surface area contributed by atoms with E-state index in [2.05, 4.69) is 10.3 Å². The second-order valence-corrected chi connectivity index (χ2v) is 5.53. The van der Waals surface area contributed by atoms with Crippen LogP contribution in [0.5, 0.6) is 0 Å². The van der Waals surface area contributed by atoms with Crippen molar-refractivity contribution in [3.05, 3.63) is 24.0 Å². The molecule has 1 aromatic heterocycles. The minimum Gasteiger partial charge on any atom is -0.367 e. The molecule has 2 saturated heterocycles. The number of carbonyl (C=O) groups is 2. The van der Waals surface area contributed by atoms with Crippen LogP contribution in [0.15, 0.2) is 18.5 Å². The average Bonchev–Trinajstić information content (AvgIpc) is 2.98. The van der Waals surface area contributed by atoms with Gasteiger partial charge in [0.2, 0.25) is 5.91 Å². The first-order valence-electron chi connectivity index (χ1n) is 6.96. The molecule has 2 amide bonds. The van der Waals surface area contributed by atoms with Crippen LogP contribution in [0.25, 0.3) is 0 Å². The molecule has 2 N–H and O–H groups in total. The van der Waals surface area contributed by atoms with Gasteiger partial charge in [-0.1, -0.05) is 0 Å². The molecular weight excluding hydrogens is 258 g/mol. The molecule has 0 aliphatic carbocycles. The Bertz CT molecular complexity index is 504. The number of H-pyrrole nitrogens is 1. The maximum atomic E-state index is 12.3. The summed E-state index contributed by atoms with van der Waals surface area (Å²) in [6.07, 6.45) is 4.97. The molecule has 20 heavy (non-hydrogen) atoms. The summed E-state index contributed by atoms with van der Waals surface area (Å²) < 4.78 is 5.79. The summed E-state index contributed by atoms with van der Waals surface area (Å²) >= 11 is 0. The number of rotatable bonds is 1. The molecule has 2 aliphatic heterocycles. The zero-order valence-corrected chi connectivity index (χ0v) is 11.5. The topological polar surface area (TPSA) is 74.4 Å². The zero-order valence-electron chi connectivity index (χ0n) is 11.5. The molecule has 1 aromatic rings. The lowest BCUT2D eigenvalue weighted by Gasteiger charge is -2.47. The lowest BCUT2D eigenvalue weighted by atomic mass is 9.83. The highest BCUT2D eigenvalue weighted by Gasteiger charge is 2.44. The van der Waals surface area contributed by atoms with Gasteiger partial charge in [-0.2, -0.15) is 0 Å². The smallest absolute Gasteiger partial charge is 0.255 e. The molecule has 2 aliphatic rings. The summed E-state index contributed by atoms with van der Waals surface area (Å²) in [7, 11) is 0. The molecule has 3 rings (SSSR count). The largest absolute Gasteiger partial charge is 0.367 e. The molecule has 0 aromatic carbocycles. The summed E-state index contributed by atoms with van der Waals surface area (Å²) in [6.45, 7) is 3.41. The number of hydrogen-bond acceptors (Lipinski definition) is 3. The third-order valence-electron chi connectivity index (χ3n) is 4.40. The Balaban J connectivity index is 1.65. The van der Waals surface area contributed by atoms with Crippen LogP contribution in [0.1, 0.15) is 30.1 Å². The number of aromatic amines is 1. The van der Waals surface area contributed by atoms with Gasteiger partial charge in [0.1, 0.15) is 6.61 Å². The molecule has 0 radical (unpaired) electrons. The number of amides is 2. The van der Waals surface area contributed by atoms with Gasteiger partial charge < -0.3 is 19.9 Å². The van der Waals surface area contributed by atoms with Gasteiger partial charge in [0.25, 0.3) is 5.91 Å². The highest BCUT2D eigenvalue weighted by Crippen LogP contribution is 2.32. The molecule has 1 atom stereocenters. The number of ether oxygens (including phenoxy) is 1. The predicted molar refractivity (Wildman–Crippen MR) is 72.2 cm³/mol. The summed E-state index contributed by atoms with van der Waals surface area (Å²) in [6, 6.07) is 1.78. The van der Waals surface area contributed by atoms with Crippen LogP contribution in [-0.4, -0.2) is 53.0 Å². The molecule has 108 valence electrons. The Morgan fingerprint density at radius 2 is 2.20 bits per heavy atom. The van der Waals surface area contributed by atoms with Crippen LogP contribution < -0.4 is 5.32 Å². The van der Waals surface area contributed by atoms with Gasteiger partial charge >= 0.3 is 0 Å². The monoisotopic (exact) mass is 277 g/mol. The molecule has 1 unspecified atom stereocenters. The fraction of sp³-hybridized carbons (Fsp3) is 0.571. The van der Waals surface area contributed by atoms with Crippen molar-refractivity contribution in [2.24, 2.45) is 0 Å². The van der Waals surface area contributed by atoms with E-state index in [0.717, 1.165) is 12.8 Å². The Kier molecular flexibility index (Phi) is 3.25. The Labute approximate surface area is 117 Å². The van der Waals surface area contributed by atoms with Crippen LogP contribution in [0.2, 0.25) is 0 Å². The van der Waals surface area contributed by atoms with E-state index in [0.29, 0.717) is 18.7 Å². The van der Waals surface area contributed by atoms with Crippen LogP contribution in [0.4, 0.5) is 0 Å². The third-order valence-corrected chi connectivity index (χ3v) is 4.40. The van der Waals surface area contributed by atoms with Gasteiger partial charge in [-0.15, -0.1) is 0 Å². The summed E-state index contributed by atoms with van der Waals surface area (Å²) in [4.78, 5) is 28.3. The lowest BCUT2D eigenvalue weighted by molar-refractivity contribution is -0.158. The van der Waals surface area contributed by atoms with Crippen molar-refractivity contribution in [1.29, 1.82) is 0 Å². The average molecular weight is 277 g/mol. The Morgan fingerprint density at radius 3 is 2.80 bits per heavy atom. The molecule has 6 heteroatoms. The van der Waals surface area contributed by atoms with Crippen molar-refractivity contribution < 1.29 is 14.3 Å². The summed E-state index contributed by atoms with van der Waals surface area (Å²) in [5.74, 6) is -0.0115. The maximum Gasteiger partial charge on any atom is 0.255 e. The highest BCUT2D eigenvalue weighted by molar-refractivity contribution is 5.94. The van der Waals surface area contributed by atoms with Gasteiger partial charge in [0.05, 0.1) is 17.2 Å². The number of likely N-dealkylation sites (tertiary alicyclic amines) is 1. The standard InChI is InChI=1S/C14H19N3O3/c1-10-14(20-9-12(18)16-10)3-6-17(7-4-14)13(19)11-2-5-15-8-11/h2,5,8,10,15H,3-4,6-7,9H2,1H3,(H,16,18). The van der Waals surface area contributed by atoms with Crippen molar-refractivity contribution in [2.45, 2.75) is 31.4 Å². The van der Waals surface area contributed by atoms with Crippen molar-refractivity contribution in [3.8, 4) is 0 Å². The van der Waals surface area contributed by atoms with E-state index >= 15 is 0 Å². The number of carbonyl (C=O) groups excluding carboxylic acids is 2. The van der Waals surface area contributed by atoms with Crippen LogP contribution in [0, 0.1) is 0 Å². The Hall–Kier alpha value is -1.82. The van der Waals surface area contributed by atoms with E-state index in [1.165, 1.54) is 0 Å². The van der Waals surface area contributed by atoms with Crippen molar-refractivity contribution in [3.63, 3.8) is 0 Å². The quantitative estimate of drug-likeness (QED) is 0.786. The molecule has 3 heterocycles. The van der Waals surface area contributed by atoms with Crippen LogP contribution in [0.3, 0.4) is 0 Å². The summed E-state index contributed by atoms with van der Waals surface area (Å²) in [5, 5.41) is 2.94. The molecule has 0 bridgehead atoms. The second-order valence-electron chi connectivity index (χ2n) is 5.53. The number of morpholine rings is 1. The maximum absolute atomic E-state index is 12.3. The SMILES string of the molecule is CC1NC(=O)COC12CCN(C(=O)c1cc[nH]c1)CC2. The van der Waals surface area contributed by atoms with E-state index in [-0.39, 0.29) is 30.1 Å². The van der Waals surface area contributed by atoms with Gasteiger partial charge in [0.15, 0.2) is 0 Å². The van der Waals surface area contributed by atoms with Gasteiger partial charge in [-0.25, -0.2) is 0 Å². The first-order chi connectivity index (χ1) is 9.61. The van der Waals surface area contributed by atoms with Gasteiger partial charge in [-0.3, -0.25) is 9.59 Å². The molecule has 6 nitrogen and oxygen atoms in total. The van der Waals surface area contributed by atoms with E-state index in [9.17, 15) is 9.59 Å². The molecule has 2 fully saturated rings. The number of nitrogens with one attached hydrogen (secondary N) is 2.